The molecule has 0 aliphatic heterocycles. The molecule has 0 bridgehead atoms. The lowest BCUT2D eigenvalue weighted by Gasteiger charge is -2.18. The van der Waals surface area contributed by atoms with Crippen LogP contribution in [0.4, 0.5) is 4.79 Å². The Labute approximate surface area is 138 Å². The molecule has 0 aromatic heterocycles. The summed E-state index contributed by atoms with van der Waals surface area (Å²) >= 11 is 0. The van der Waals surface area contributed by atoms with Gasteiger partial charge in [0.25, 0.3) is 0 Å². The van der Waals surface area contributed by atoms with E-state index in [1.54, 1.807) is 4.90 Å². The van der Waals surface area contributed by atoms with E-state index in [1.807, 2.05) is 6.92 Å². The lowest BCUT2D eigenvalue weighted by atomic mass is 10.4. The molecular formula is C15H31N3O5. The minimum absolute atomic E-state index is 0.0266. The highest BCUT2D eigenvalue weighted by Crippen LogP contribution is 1.90. The molecule has 0 fully saturated rings. The van der Waals surface area contributed by atoms with Crippen LogP contribution in [0.5, 0.6) is 0 Å². The molecule has 136 valence electrons. The largest absolute Gasteiger partial charge is 0.447 e. The van der Waals surface area contributed by atoms with Crippen molar-refractivity contribution in [3.8, 4) is 0 Å². The van der Waals surface area contributed by atoms with Crippen LogP contribution in [0.3, 0.4) is 0 Å². The van der Waals surface area contributed by atoms with Gasteiger partial charge >= 0.3 is 6.09 Å². The van der Waals surface area contributed by atoms with Crippen molar-refractivity contribution >= 4 is 12.0 Å². The summed E-state index contributed by atoms with van der Waals surface area (Å²) in [5, 5.41) is 2.63. The number of nitrogens with zero attached hydrogens (tertiary/aromatic N) is 1. The van der Waals surface area contributed by atoms with Gasteiger partial charge in [0.15, 0.2) is 0 Å². The SMILES string of the molecule is CCN(CCOCCOC(=O)NCCCOCCCN)C(C)=O. The van der Waals surface area contributed by atoms with Crippen LogP contribution < -0.4 is 11.1 Å². The minimum Gasteiger partial charge on any atom is -0.447 e. The van der Waals surface area contributed by atoms with Crippen LogP contribution in [-0.4, -0.2) is 76.1 Å². The molecular weight excluding hydrogens is 302 g/mol. The molecule has 0 saturated carbocycles. The monoisotopic (exact) mass is 333 g/mol. The second-order valence-electron chi connectivity index (χ2n) is 4.88. The molecule has 0 aromatic rings. The predicted octanol–water partition coefficient (Wildman–Crippen LogP) is 0.353. The molecule has 0 aliphatic carbocycles. The Hall–Kier alpha value is -1.38. The van der Waals surface area contributed by atoms with Gasteiger partial charge in [-0.2, -0.15) is 0 Å². The number of hydrogen-bond acceptors (Lipinski definition) is 6. The van der Waals surface area contributed by atoms with E-state index < -0.39 is 6.09 Å². The van der Waals surface area contributed by atoms with Crippen LogP contribution in [0.2, 0.25) is 0 Å². The molecule has 0 radical (unpaired) electrons. The Morgan fingerprint density at radius 1 is 1.04 bits per heavy atom. The van der Waals surface area contributed by atoms with Crippen LogP contribution in [0, 0.1) is 0 Å². The fraction of sp³-hybridized carbons (Fsp3) is 0.867. The normalized spacial score (nSPS) is 10.4. The summed E-state index contributed by atoms with van der Waals surface area (Å²) in [6.45, 7) is 7.94. The average molecular weight is 333 g/mol. The molecule has 0 heterocycles. The molecule has 0 aliphatic rings. The van der Waals surface area contributed by atoms with E-state index in [2.05, 4.69) is 5.32 Å². The van der Waals surface area contributed by atoms with Gasteiger partial charge in [0.05, 0.1) is 13.2 Å². The van der Waals surface area contributed by atoms with Crippen molar-refractivity contribution in [1.29, 1.82) is 0 Å². The van der Waals surface area contributed by atoms with Crippen LogP contribution in [0.1, 0.15) is 26.7 Å². The number of alkyl carbamates (subject to hydrolysis) is 1. The van der Waals surface area contributed by atoms with Gasteiger partial charge in [-0.25, -0.2) is 4.79 Å². The van der Waals surface area contributed by atoms with Crippen molar-refractivity contribution in [2.24, 2.45) is 5.73 Å². The molecule has 3 N–H and O–H groups in total. The standard InChI is InChI=1S/C15H31N3O5/c1-3-18(14(2)19)8-11-22-12-13-23-15(20)17-7-5-10-21-9-4-6-16/h3-13,16H2,1-2H3,(H,17,20). The van der Waals surface area contributed by atoms with E-state index >= 15 is 0 Å². The first-order chi connectivity index (χ1) is 11.1. The zero-order valence-corrected chi connectivity index (χ0v) is 14.3. The van der Waals surface area contributed by atoms with Crippen LogP contribution >= 0.6 is 0 Å². The van der Waals surface area contributed by atoms with Gasteiger partial charge in [0.1, 0.15) is 6.61 Å². The second kappa shape index (κ2) is 15.5. The van der Waals surface area contributed by atoms with Gasteiger partial charge in [-0.15, -0.1) is 0 Å². The average Bonchev–Trinajstić information content (AvgIpc) is 2.53. The zero-order chi connectivity index (χ0) is 17.3. The summed E-state index contributed by atoms with van der Waals surface area (Å²) in [6.07, 6.45) is 1.11. The number of nitrogens with two attached hydrogens (primary N) is 1. The summed E-state index contributed by atoms with van der Waals surface area (Å²) in [5.74, 6) is 0.0266. The molecule has 8 heteroatoms. The maximum atomic E-state index is 11.4. The number of ether oxygens (including phenoxy) is 3. The van der Waals surface area contributed by atoms with E-state index in [0.717, 1.165) is 12.8 Å². The van der Waals surface area contributed by atoms with Gasteiger partial charge < -0.3 is 30.2 Å². The quantitative estimate of drug-likeness (QED) is 0.445. The topological polar surface area (TPSA) is 103 Å². The Morgan fingerprint density at radius 2 is 1.74 bits per heavy atom. The molecule has 0 spiro atoms. The molecule has 0 saturated heterocycles. The van der Waals surface area contributed by atoms with E-state index in [0.29, 0.717) is 52.6 Å². The Kier molecular flexibility index (Phi) is 14.6. The van der Waals surface area contributed by atoms with Crippen molar-refractivity contribution in [3.63, 3.8) is 0 Å². The number of carbonyl (C=O) groups is 2. The smallest absolute Gasteiger partial charge is 0.407 e. The van der Waals surface area contributed by atoms with Crippen molar-refractivity contribution < 1.29 is 23.8 Å². The number of rotatable bonds is 14. The first kappa shape index (κ1) is 21.6. The van der Waals surface area contributed by atoms with Crippen LogP contribution in [0.25, 0.3) is 0 Å². The van der Waals surface area contributed by atoms with E-state index in [1.165, 1.54) is 6.92 Å². The second-order valence-corrected chi connectivity index (χ2v) is 4.88. The fourth-order valence-corrected chi connectivity index (χ4v) is 1.71. The van der Waals surface area contributed by atoms with Crippen LogP contribution in [-0.2, 0) is 19.0 Å². The van der Waals surface area contributed by atoms with Crippen molar-refractivity contribution in [2.45, 2.75) is 26.7 Å². The Morgan fingerprint density at radius 3 is 2.39 bits per heavy atom. The van der Waals surface area contributed by atoms with E-state index in [-0.39, 0.29) is 12.5 Å². The third kappa shape index (κ3) is 14.0. The summed E-state index contributed by atoms with van der Waals surface area (Å²) in [7, 11) is 0. The minimum atomic E-state index is -0.463. The van der Waals surface area contributed by atoms with Gasteiger partial charge in [-0.3, -0.25) is 4.79 Å². The highest BCUT2D eigenvalue weighted by atomic mass is 16.6. The molecule has 2 amide bonds. The first-order valence-corrected chi connectivity index (χ1v) is 8.13. The number of nitrogens with one attached hydrogen (secondary N) is 1. The summed E-state index contributed by atoms with van der Waals surface area (Å²) in [6, 6.07) is 0. The Balaban J connectivity index is 3.35. The van der Waals surface area contributed by atoms with Crippen molar-refractivity contribution in [1.82, 2.24) is 10.2 Å². The molecule has 8 nitrogen and oxygen atoms in total. The zero-order valence-electron chi connectivity index (χ0n) is 14.3. The van der Waals surface area contributed by atoms with Gasteiger partial charge in [-0.1, -0.05) is 0 Å². The molecule has 0 unspecified atom stereocenters. The van der Waals surface area contributed by atoms with E-state index in [4.69, 9.17) is 19.9 Å². The molecule has 0 rings (SSSR count). The Bertz CT molecular complexity index is 315. The van der Waals surface area contributed by atoms with Crippen molar-refractivity contribution in [3.05, 3.63) is 0 Å². The maximum absolute atomic E-state index is 11.4. The van der Waals surface area contributed by atoms with Crippen molar-refractivity contribution in [2.75, 3.05) is 59.2 Å². The molecule has 0 atom stereocenters. The highest BCUT2D eigenvalue weighted by Gasteiger charge is 2.05. The summed E-state index contributed by atoms with van der Waals surface area (Å²) in [5.41, 5.74) is 5.34. The number of amides is 2. The van der Waals surface area contributed by atoms with Gasteiger partial charge in [0, 0.05) is 39.8 Å². The lowest BCUT2D eigenvalue weighted by Crippen LogP contribution is -2.32. The fourth-order valence-electron chi connectivity index (χ4n) is 1.71. The maximum Gasteiger partial charge on any atom is 0.407 e. The molecule has 0 aromatic carbocycles. The third-order valence-corrected chi connectivity index (χ3v) is 3.02. The summed E-state index contributed by atoms with van der Waals surface area (Å²) < 4.78 is 15.6. The number of likely N-dealkylation sites (N-methyl/N-ethyl adjacent to an activating group) is 1. The van der Waals surface area contributed by atoms with Crippen LogP contribution in [0.15, 0.2) is 0 Å². The first-order valence-electron chi connectivity index (χ1n) is 8.13. The third-order valence-electron chi connectivity index (χ3n) is 3.02. The van der Waals surface area contributed by atoms with E-state index in [9.17, 15) is 9.59 Å². The molecule has 23 heavy (non-hydrogen) atoms. The number of hydrogen-bond donors (Lipinski definition) is 2. The highest BCUT2D eigenvalue weighted by molar-refractivity contribution is 5.73. The predicted molar refractivity (Wildman–Crippen MR) is 87.2 cm³/mol. The van der Waals surface area contributed by atoms with Gasteiger partial charge in [-0.05, 0) is 26.3 Å². The number of carbonyl (C=O) groups excluding carboxylic acids is 2. The summed E-state index contributed by atoms with van der Waals surface area (Å²) in [4.78, 5) is 24.2. The van der Waals surface area contributed by atoms with Gasteiger partial charge in [0.2, 0.25) is 5.91 Å². The lowest BCUT2D eigenvalue weighted by molar-refractivity contribution is -0.129.